The van der Waals surface area contributed by atoms with E-state index in [9.17, 15) is 4.79 Å². The molecule has 1 aliphatic rings. The predicted molar refractivity (Wildman–Crippen MR) is 59.2 cm³/mol. The van der Waals surface area contributed by atoms with Crippen molar-refractivity contribution in [2.45, 2.75) is 19.0 Å². The fourth-order valence-electron chi connectivity index (χ4n) is 1.91. The molecule has 3 nitrogen and oxygen atoms in total. The summed E-state index contributed by atoms with van der Waals surface area (Å²) in [5.74, 6) is 0.353. The number of piperidine rings is 1. The molecule has 0 saturated carbocycles. The summed E-state index contributed by atoms with van der Waals surface area (Å²) in [5.41, 5.74) is 7.25. The molecule has 3 heteroatoms. The van der Waals surface area contributed by atoms with Crippen molar-refractivity contribution < 1.29 is 4.79 Å². The van der Waals surface area contributed by atoms with Crippen molar-refractivity contribution in [2.24, 2.45) is 5.73 Å². The van der Waals surface area contributed by atoms with Gasteiger partial charge in [-0.3, -0.25) is 9.69 Å². The van der Waals surface area contributed by atoms with Gasteiger partial charge in [0.1, 0.15) is 5.78 Å². The Morgan fingerprint density at radius 1 is 1.13 bits per heavy atom. The van der Waals surface area contributed by atoms with Crippen molar-refractivity contribution in [2.75, 3.05) is 13.1 Å². The van der Waals surface area contributed by atoms with E-state index in [1.54, 1.807) is 0 Å². The van der Waals surface area contributed by atoms with Crippen molar-refractivity contribution >= 4 is 5.78 Å². The lowest BCUT2D eigenvalue weighted by Gasteiger charge is -2.31. The summed E-state index contributed by atoms with van der Waals surface area (Å²) in [6.07, 6.45) is 1.21. The number of nitrogens with two attached hydrogens (primary N) is 1. The van der Waals surface area contributed by atoms with Crippen molar-refractivity contribution in [3.8, 4) is 0 Å². The monoisotopic (exact) mass is 204 g/mol. The standard InChI is InChI=1S/C12H16N2O/c13-12(10-4-2-1-3-5-10)14-8-6-11(15)7-9-14/h1-5,12H,6-9,13H2/t12-/m1/s1. The summed E-state index contributed by atoms with van der Waals surface area (Å²) in [6, 6.07) is 10.0. The fourth-order valence-corrected chi connectivity index (χ4v) is 1.91. The van der Waals surface area contributed by atoms with E-state index in [2.05, 4.69) is 4.90 Å². The zero-order valence-corrected chi connectivity index (χ0v) is 8.73. The van der Waals surface area contributed by atoms with Crippen LogP contribution >= 0.6 is 0 Å². The zero-order chi connectivity index (χ0) is 10.7. The normalized spacial score (nSPS) is 20.2. The van der Waals surface area contributed by atoms with E-state index in [-0.39, 0.29) is 6.17 Å². The van der Waals surface area contributed by atoms with E-state index in [1.807, 2.05) is 30.3 Å². The molecule has 15 heavy (non-hydrogen) atoms. The van der Waals surface area contributed by atoms with Gasteiger partial charge in [0.15, 0.2) is 0 Å². The summed E-state index contributed by atoms with van der Waals surface area (Å²) < 4.78 is 0. The Morgan fingerprint density at radius 3 is 2.33 bits per heavy atom. The number of carbonyl (C=O) groups is 1. The van der Waals surface area contributed by atoms with Gasteiger partial charge in [0.25, 0.3) is 0 Å². The highest BCUT2D eigenvalue weighted by Crippen LogP contribution is 2.18. The first kappa shape index (κ1) is 10.3. The van der Waals surface area contributed by atoms with Crippen LogP contribution in [0.3, 0.4) is 0 Å². The van der Waals surface area contributed by atoms with E-state index in [4.69, 9.17) is 5.73 Å². The smallest absolute Gasteiger partial charge is 0.135 e. The summed E-state index contributed by atoms with van der Waals surface area (Å²) in [7, 11) is 0. The molecule has 1 aromatic rings. The van der Waals surface area contributed by atoms with Crippen LogP contribution in [0.4, 0.5) is 0 Å². The highest BCUT2D eigenvalue weighted by molar-refractivity contribution is 5.79. The van der Waals surface area contributed by atoms with Gasteiger partial charge in [-0.25, -0.2) is 0 Å². The molecule has 1 fully saturated rings. The maximum absolute atomic E-state index is 11.1. The molecule has 1 heterocycles. The van der Waals surface area contributed by atoms with E-state index < -0.39 is 0 Å². The average Bonchev–Trinajstić information content (AvgIpc) is 2.30. The Bertz CT molecular complexity index is 327. The average molecular weight is 204 g/mol. The van der Waals surface area contributed by atoms with Crippen LogP contribution in [0.25, 0.3) is 0 Å². The quantitative estimate of drug-likeness (QED) is 0.790. The molecule has 2 N–H and O–H groups in total. The molecule has 1 aromatic carbocycles. The second kappa shape index (κ2) is 4.55. The Kier molecular flexibility index (Phi) is 3.14. The van der Waals surface area contributed by atoms with Gasteiger partial charge in [-0.2, -0.15) is 0 Å². The van der Waals surface area contributed by atoms with Gasteiger partial charge in [0.2, 0.25) is 0 Å². The van der Waals surface area contributed by atoms with Crippen LogP contribution in [-0.4, -0.2) is 23.8 Å². The zero-order valence-electron chi connectivity index (χ0n) is 8.73. The Balaban J connectivity index is 2.02. The molecule has 0 aromatic heterocycles. The molecule has 1 atom stereocenters. The second-order valence-corrected chi connectivity index (χ2v) is 3.93. The molecule has 0 spiro atoms. The number of hydrogen-bond acceptors (Lipinski definition) is 3. The molecular formula is C12H16N2O. The lowest BCUT2D eigenvalue weighted by molar-refractivity contribution is -0.121. The number of nitrogens with zero attached hydrogens (tertiary/aromatic N) is 1. The summed E-state index contributed by atoms with van der Waals surface area (Å²) >= 11 is 0. The molecule has 0 bridgehead atoms. The minimum atomic E-state index is -0.0701. The van der Waals surface area contributed by atoms with Crippen molar-refractivity contribution in [3.05, 3.63) is 35.9 Å². The van der Waals surface area contributed by atoms with Crippen molar-refractivity contribution in [1.29, 1.82) is 0 Å². The van der Waals surface area contributed by atoms with Crippen LogP contribution in [0.1, 0.15) is 24.6 Å². The first-order valence-electron chi connectivity index (χ1n) is 5.33. The maximum Gasteiger partial charge on any atom is 0.135 e. The lowest BCUT2D eigenvalue weighted by atomic mass is 10.1. The summed E-state index contributed by atoms with van der Waals surface area (Å²) in [5, 5.41) is 0. The fraction of sp³-hybridized carbons (Fsp3) is 0.417. The van der Waals surface area contributed by atoms with Gasteiger partial charge in [-0.05, 0) is 5.56 Å². The molecular weight excluding hydrogens is 188 g/mol. The summed E-state index contributed by atoms with van der Waals surface area (Å²) in [4.78, 5) is 13.3. The number of carbonyl (C=O) groups excluding carboxylic acids is 1. The van der Waals surface area contributed by atoms with Crippen LogP contribution in [0.15, 0.2) is 30.3 Å². The predicted octanol–water partition coefficient (Wildman–Crippen LogP) is 1.31. The number of likely N-dealkylation sites (tertiary alicyclic amines) is 1. The second-order valence-electron chi connectivity index (χ2n) is 3.93. The molecule has 0 unspecified atom stereocenters. The van der Waals surface area contributed by atoms with Crippen LogP contribution in [-0.2, 0) is 4.79 Å². The molecule has 80 valence electrons. The maximum atomic E-state index is 11.1. The molecule has 0 amide bonds. The third-order valence-electron chi connectivity index (χ3n) is 2.89. The minimum absolute atomic E-state index is 0.0701. The molecule has 1 saturated heterocycles. The van der Waals surface area contributed by atoms with Gasteiger partial charge < -0.3 is 5.73 Å². The third-order valence-corrected chi connectivity index (χ3v) is 2.89. The largest absolute Gasteiger partial charge is 0.312 e. The number of ketones is 1. The first-order chi connectivity index (χ1) is 7.27. The van der Waals surface area contributed by atoms with Gasteiger partial charge in [0, 0.05) is 25.9 Å². The van der Waals surface area contributed by atoms with Gasteiger partial charge in [0.05, 0.1) is 6.17 Å². The van der Waals surface area contributed by atoms with E-state index in [0.717, 1.165) is 18.7 Å². The minimum Gasteiger partial charge on any atom is -0.312 e. The van der Waals surface area contributed by atoms with E-state index in [1.165, 1.54) is 0 Å². The van der Waals surface area contributed by atoms with Crippen molar-refractivity contribution in [1.82, 2.24) is 4.90 Å². The van der Waals surface area contributed by atoms with Gasteiger partial charge >= 0.3 is 0 Å². The highest BCUT2D eigenvalue weighted by Gasteiger charge is 2.21. The van der Waals surface area contributed by atoms with Gasteiger partial charge in [-0.15, -0.1) is 0 Å². The molecule has 1 aliphatic heterocycles. The van der Waals surface area contributed by atoms with Crippen LogP contribution in [0.5, 0.6) is 0 Å². The van der Waals surface area contributed by atoms with Gasteiger partial charge in [-0.1, -0.05) is 30.3 Å². The number of rotatable bonds is 2. The number of benzene rings is 1. The first-order valence-corrected chi connectivity index (χ1v) is 5.33. The van der Waals surface area contributed by atoms with Crippen LogP contribution < -0.4 is 5.73 Å². The summed E-state index contributed by atoms with van der Waals surface area (Å²) in [6.45, 7) is 1.57. The number of hydrogen-bond donors (Lipinski definition) is 1. The Morgan fingerprint density at radius 2 is 1.73 bits per heavy atom. The molecule has 0 radical (unpaired) electrons. The molecule has 2 rings (SSSR count). The SMILES string of the molecule is N[C@@H](c1ccccc1)N1CCC(=O)CC1. The van der Waals surface area contributed by atoms with E-state index in [0.29, 0.717) is 18.6 Å². The van der Waals surface area contributed by atoms with E-state index >= 15 is 0 Å². The van der Waals surface area contributed by atoms with Crippen LogP contribution in [0, 0.1) is 0 Å². The Hall–Kier alpha value is -1.19. The topological polar surface area (TPSA) is 46.3 Å². The van der Waals surface area contributed by atoms with Crippen LogP contribution in [0.2, 0.25) is 0 Å². The third kappa shape index (κ3) is 2.43. The Labute approximate surface area is 89.9 Å². The molecule has 0 aliphatic carbocycles. The van der Waals surface area contributed by atoms with Crippen molar-refractivity contribution in [3.63, 3.8) is 0 Å². The number of Topliss-reactive ketones (excluding diaryl/α,β-unsaturated/α-hetero) is 1. The highest BCUT2D eigenvalue weighted by atomic mass is 16.1. The lowest BCUT2D eigenvalue weighted by Crippen LogP contribution is -2.40.